The SMILES string of the molecule is Cc1cc(NC(=O)C23C[C@H]4C[C@H](C2)CC(n2cnc(Br)n2)(C4)C3)no1. The van der Waals surface area contributed by atoms with Crippen LogP contribution in [-0.4, -0.2) is 25.8 Å². The molecular formula is C17H20BrN5O2. The summed E-state index contributed by atoms with van der Waals surface area (Å²) in [6.45, 7) is 1.82. The maximum absolute atomic E-state index is 13.2. The maximum Gasteiger partial charge on any atom is 0.231 e. The van der Waals surface area contributed by atoms with E-state index in [1.807, 2.05) is 17.9 Å². The van der Waals surface area contributed by atoms with E-state index in [0.717, 1.165) is 32.1 Å². The largest absolute Gasteiger partial charge is 0.360 e. The highest BCUT2D eigenvalue weighted by Crippen LogP contribution is 2.64. The number of hydrogen-bond donors (Lipinski definition) is 1. The first-order chi connectivity index (χ1) is 12.0. The second-order valence-electron chi connectivity index (χ2n) is 8.20. The number of hydrogen-bond acceptors (Lipinski definition) is 5. The first-order valence-electron chi connectivity index (χ1n) is 8.79. The summed E-state index contributed by atoms with van der Waals surface area (Å²) in [5.41, 5.74) is -0.421. The van der Waals surface area contributed by atoms with Gasteiger partial charge in [0, 0.05) is 6.07 Å². The molecule has 2 aromatic heterocycles. The first kappa shape index (κ1) is 15.5. The van der Waals surface area contributed by atoms with Crippen molar-refractivity contribution in [3.8, 4) is 0 Å². The number of aryl methyl sites for hydroxylation is 1. The minimum Gasteiger partial charge on any atom is -0.360 e. The van der Waals surface area contributed by atoms with Gasteiger partial charge in [-0.3, -0.25) is 4.79 Å². The molecule has 2 aromatic rings. The standard InChI is InChI=1S/C17H20BrN5O2/c1-10-2-13(22-25-10)20-14(24)16-4-11-3-12(5-16)7-17(6-11,8-16)23-9-19-15(18)21-23/h2,9,11-12H,3-8H2,1H3,(H,20,22,24)/t11-,12-,16?,17?/m1/s1. The van der Waals surface area contributed by atoms with E-state index in [1.165, 1.54) is 6.42 Å². The lowest BCUT2D eigenvalue weighted by atomic mass is 9.46. The van der Waals surface area contributed by atoms with Crippen LogP contribution in [0.3, 0.4) is 0 Å². The summed E-state index contributed by atoms with van der Waals surface area (Å²) < 4.78 is 7.71. The van der Waals surface area contributed by atoms with Gasteiger partial charge < -0.3 is 9.84 Å². The quantitative estimate of drug-likeness (QED) is 0.846. The first-order valence-corrected chi connectivity index (χ1v) is 9.58. The second kappa shape index (κ2) is 5.16. The van der Waals surface area contributed by atoms with Gasteiger partial charge in [0.05, 0.1) is 11.0 Å². The summed E-state index contributed by atoms with van der Waals surface area (Å²) in [5.74, 6) is 2.45. The van der Waals surface area contributed by atoms with E-state index in [0.29, 0.717) is 28.1 Å². The van der Waals surface area contributed by atoms with Crippen LogP contribution in [0, 0.1) is 24.2 Å². The third-order valence-corrected chi connectivity index (χ3v) is 6.69. The Kier molecular flexibility index (Phi) is 3.21. The Morgan fingerprint density at radius 3 is 2.72 bits per heavy atom. The molecule has 1 N–H and O–H groups in total. The van der Waals surface area contributed by atoms with E-state index < -0.39 is 0 Å². The number of nitrogens with one attached hydrogen (secondary N) is 1. The zero-order valence-corrected chi connectivity index (χ0v) is 15.6. The molecule has 4 bridgehead atoms. The van der Waals surface area contributed by atoms with Crippen LogP contribution in [0.15, 0.2) is 21.7 Å². The fourth-order valence-corrected chi connectivity index (χ4v) is 6.16. The third-order valence-electron chi connectivity index (χ3n) is 6.33. The average Bonchev–Trinajstić information content (AvgIpc) is 3.15. The molecule has 0 radical (unpaired) electrons. The Labute approximate surface area is 153 Å². The number of carbonyl (C=O) groups is 1. The van der Waals surface area contributed by atoms with Crippen molar-refractivity contribution in [3.63, 3.8) is 0 Å². The molecule has 1 amide bonds. The third kappa shape index (κ3) is 2.37. The van der Waals surface area contributed by atoms with Gasteiger partial charge in [0.1, 0.15) is 12.1 Å². The zero-order chi connectivity index (χ0) is 17.2. The Morgan fingerprint density at radius 1 is 1.36 bits per heavy atom. The van der Waals surface area contributed by atoms with Crippen LogP contribution in [0.25, 0.3) is 0 Å². The number of aromatic nitrogens is 4. The van der Waals surface area contributed by atoms with Crippen molar-refractivity contribution in [2.45, 2.75) is 51.0 Å². The molecule has 0 aromatic carbocycles. The van der Waals surface area contributed by atoms with Gasteiger partial charge >= 0.3 is 0 Å². The van der Waals surface area contributed by atoms with Gasteiger partial charge in [-0.2, -0.15) is 0 Å². The minimum atomic E-state index is -0.338. The van der Waals surface area contributed by atoms with Gasteiger partial charge in [0.15, 0.2) is 5.82 Å². The highest BCUT2D eigenvalue weighted by atomic mass is 79.9. The Bertz CT molecular complexity index is 830. The second-order valence-corrected chi connectivity index (χ2v) is 8.91. The summed E-state index contributed by atoms with van der Waals surface area (Å²) in [6.07, 6.45) is 7.98. The molecule has 0 spiro atoms. The van der Waals surface area contributed by atoms with E-state index in [4.69, 9.17) is 4.52 Å². The van der Waals surface area contributed by atoms with Crippen molar-refractivity contribution >= 4 is 27.7 Å². The lowest BCUT2D eigenvalue weighted by molar-refractivity contribution is -0.150. The number of rotatable bonds is 3. The lowest BCUT2D eigenvalue weighted by Crippen LogP contribution is -2.60. The summed E-state index contributed by atoms with van der Waals surface area (Å²) >= 11 is 3.36. The smallest absolute Gasteiger partial charge is 0.231 e. The van der Waals surface area contributed by atoms with E-state index in [2.05, 4.69) is 36.5 Å². The van der Waals surface area contributed by atoms with Crippen LogP contribution < -0.4 is 5.32 Å². The van der Waals surface area contributed by atoms with Gasteiger partial charge in [-0.1, -0.05) is 5.16 Å². The Balaban J connectivity index is 1.48. The minimum absolute atomic E-state index is 0.0819. The summed E-state index contributed by atoms with van der Waals surface area (Å²) in [7, 11) is 0. The molecule has 4 aliphatic carbocycles. The van der Waals surface area contributed by atoms with E-state index in [9.17, 15) is 4.79 Å². The Morgan fingerprint density at radius 2 is 2.12 bits per heavy atom. The predicted octanol–water partition coefficient (Wildman–Crippen LogP) is 3.27. The monoisotopic (exact) mass is 405 g/mol. The number of nitrogens with zero attached hydrogens (tertiary/aromatic N) is 4. The van der Waals surface area contributed by atoms with Crippen LogP contribution in [0.4, 0.5) is 5.82 Å². The van der Waals surface area contributed by atoms with E-state index >= 15 is 0 Å². The molecule has 0 aliphatic heterocycles. The van der Waals surface area contributed by atoms with E-state index in [-0.39, 0.29) is 16.9 Å². The van der Waals surface area contributed by atoms with Crippen molar-refractivity contribution in [1.82, 2.24) is 19.9 Å². The van der Waals surface area contributed by atoms with Crippen LogP contribution in [0.1, 0.15) is 44.3 Å². The highest BCUT2D eigenvalue weighted by Gasteiger charge is 2.61. The van der Waals surface area contributed by atoms with E-state index in [1.54, 1.807) is 6.07 Å². The molecule has 4 saturated carbocycles. The van der Waals surface area contributed by atoms with Crippen LogP contribution >= 0.6 is 15.9 Å². The highest BCUT2D eigenvalue weighted by molar-refractivity contribution is 9.10. The van der Waals surface area contributed by atoms with Crippen molar-refractivity contribution < 1.29 is 9.32 Å². The van der Waals surface area contributed by atoms with Crippen LogP contribution in [-0.2, 0) is 10.3 Å². The topological polar surface area (TPSA) is 85.8 Å². The summed E-state index contributed by atoms with van der Waals surface area (Å²) in [6, 6.07) is 1.77. The fourth-order valence-electron chi connectivity index (χ4n) is 5.89. The molecule has 2 heterocycles. The molecule has 7 nitrogen and oxygen atoms in total. The van der Waals surface area contributed by atoms with Gasteiger partial charge in [-0.15, -0.1) is 5.10 Å². The number of anilines is 1. The molecule has 25 heavy (non-hydrogen) atoms. The van der Waals surface area contributed by atoms with Gasteiger partial charge in [0.25, 0.3) is 0 Å². The van der Waals surface area contributed by atoms with Gasteiger partial charge in [-0.25, -0.2) is 9.67 Å². The van der Waals surface area contributed by atoms with Crippen molar-refractivity contribution in [1.29, 1.82) is 0 Å². The molecule has 4 aliphatic rings. The maximum atomic E-state index is 13.2. The molecule has 4 fully saturated rings. The molecule has 6 rings (SSSR count). The average molecular weight is 406 g/mol. The summed E-state index contributed by atoms with van der Waals surface area (Å²) in [5, 5.41) is 11.5. The Hall–Kier alpha value is -1.70. The molecule has 132 valence electrons. The number of amides is 1. The lowest BCUT2D eigenvalue weighted by Gasteiger charge is -2.60. The van der Waals surface area contributed by atoms with Gasteiger partial charge in [-0.05, 0) is 73.2 Å². The van der Waals surface area contributed by atoms with Gasteiger partial charge in [0.2, 0.25) is 10.6 Å². The molecular weight excluding hydrogens is 386 g/mol. The molecule has 8 heteroatoms. The molecule has 0 unspecified atom stereocenters. The van der Waals surface area contributed by atoms with Crippen LogP contribution in [0.5, 0.6) is 0 Å². The molecule has 0 saturated heterocycles. The van der Waals surface area contributed by atoms with Crippen molar-refractivity contribution in [2.75, 3.05) is 5.32 Å². The normalized spacial score (nSPS) is 35.9. The fraction of sp³-hybridized carbons (Fsp3) is 0.647. The van der Waals surface area contributed by atoms with Crippen LogP contribution in [0.2, 0.25) is 0 Å². The summed E-state index contributed by atoms with van der Waals surface area (Å²) in [4.78, 5) is 17.5. The predicted molar refractivity (Wildman–Crippen MR) is 92.7 cm³/mol. The van der Waals surface area contributed by atoms with Crippen molar-refractivity contribution in [3.05, 3.63) is 22.9 Å². The zero-order valence-electron chi connectivity index (χ0n) is 14.0. The molecule has 2 atom stereocenters. The van der Waals surface area contributed by atoms with Crippen molar-refractivity contribution in [2.24, 2.45) is 17.3 Å². The number of halogens is 1. The number of carbonyl (C=O) groups excluding carboxylic acids is 1.